The van der Waals surface area contributed by atoms with E-state index in [9.17, 15) is 0 Å². The number of ether oxygens (including phenoxy) is 2. The third-order valence-electron chi connectivity index (χ3n) is 1.34. The first-order valence-corrected chi connectivity index (χ1v) is 3.78. The summed E-state index contributed by atoms with van der Waals surface area (Å²) in [6.45, 7) is 6.27. The van der Waals surface area contributed by atoms with E-state index in [0.29, 0.717) is 6.61 Å². The third-order valence-corrected chi connectivity index (χ3v) is 1.34. The van der Waals surface area contributed by atoms with E-state index in [2.05, 4.69) is 6.58 Å². The van der Waals surface area contributed by atoms with Gasteiger partial charge in [0.05, 0.1) is 6.10 Å². The van der Waals surface area contributed by atoms with E-state index in [1.54, 1.807) is 13.2 Å². The summed E-state index contributed by atoms with van der Waals surface area (Å²) in [5.74, 6) is 0. The van der Waals surface area contributed by atoms with Crippen LogP contribution >= 0.6 is 0 Å². The minimum Gasteiger partial charge on any atom is -0.385 e. The van der Waals surface area contributed by atoms with Gasteiger partial charge in [-0.05, 0) is 6.42 Å². The summed E-state index contributed by atoms with van der Waals surface area (Å²) < 4.78 is 10.2. The molecule has 0 aromatic heterocycles. The molecule has 0 amide bonds. The van der Waals surface area contributed by atoms with Gasteiger partial charge in [-0.2, -0.15) is 0 Å². The Morgan fingerprint density at radius 3 is 2.64 bits per heavy atom. The fourth-order valence-corrected chi connectivity index (χ4v) is 0.713. The number of hydrogen-bond acceptors (Lipinski definition) is 2. The Kier molecular flexibility index (Phi) is 6.28. The largest absolute Gasteiger partial charge is 0.385 e. The maximum Gasteiger partial charge on any atom is 0.113 e. The first-order chi connectivity index (χ1) is 5.26. The van der Waals surface area contributed by atoms with Crippen molar-refractivity contribution < 1.29 is 9.47 Å². The highest BCUT2D eigenvalue weighted by molar-refractivity contribution is 6.11. The summed E-state index contributed by atoms with van der Waals surface area (Å²) in [5.41, 5.74) is 0. The van der Waals surface area contributed by atoms with Gasteiger partial charge >= 0.3 is 0 Å². The van der Waals surface area contributed by atoms with Gasteiger partial charge in [0.1, 0.15) is 7.85 Å². The zero-order valence-electron chi connectivity index (χ0n) is 7.25. The molecule has 0 bridgehead atoms. The van der Waals surface area contributed by atoms with Gasteiger partial charge in [0.25, 0.3) is 0 Å². The monoisotopic (exact) mass is 154 g/mol. The molecular formula is C8H15BO2. The average molecular weight is 154 g/mol. The van der Waals surface area contributed by atoms with Gasteiger partial charge in [-0.3, -0.25) is 0 Å². The van der Waals surface area contributed by atoms with Gasteiger partial charge in [0.2, 0.25) is 0 Å². The highest BCUT2D eigenvalue weighted by Crippen LogP contribution is 2.00. The van der Waals surface area contributed by atoms with E-state index in [-0.39, 0.29) is 6.10 Å². The minimum atomic E-state index is -0.391. The van der Waals surface area contributed by atoms with Crippen LogP contribution in [0.2, 0.25) is 0 Å². The van der Waals surface area contributed by atoms with Gasteiger partial charge in [0, 0.05) is 19.7 Å². The molecule has 62 valence electrons. The lowest BCUT2D eigenvalue weighted by molar-refractivity contribution is 0.00857. The number of rotatable bonds is 6. The van der Waals surface area contributed by atoms with Crippen LogP contribution in [0.15, 0.2) is 12.7 Å². The molecule has 2 nitrogen and oxygen atoms in total. The highest BCUT2D eigenvalue weighted by Gasteiger charge is 2.11. The normalized spacial score (nSPS) is 15.8. The zero-order chi connectivity index (χ0) is 8.69. The predicted octanol–water partition coefficient (Wildman–Crippen LogP) is 1.11. The maximum absolute atomic E-state index is 5.61. The van der Waals surface area contributed by atoms with E-state index < -0.39 is 6.00 Å². The van der Waals surface area contributed by atoms with Gasteiger partial charge in [0.15, 0.2) is 0 Å². The molecule has 0 saturated heterocycles. The summed E-state index contributed by atoms with van der Waals surface area (Å²) in [4.78, 5) is 0. The molecule has 2 radical (unpaired) electrons. The Hall–Kier alpha value is -0.275. The fraction of sp³-hybridized carbons (Fsp3) is 0.750. The van der Waals surface area contributed by atoms with E-state index in [1.807, 2.05) is 6.92 Å². The molecule has 0 heterocycles. The van der Waals surface area contributed by atoms with Crippen molar-refractivity contribution in [2.45, 2.75) is 25.5 Å². The SMILES string of the molecule is [B]C(OCCC)C(C=C)OC. The van der Waals surface area contributed by atoms with Crippen molar-refractivity contribution in [1.82, 2.24) is 0 Å². The molecule has 0 N–H and O–H groups in total. The molecular weight excluding hydrogens is 139 g/mol. The van der Waals surface area contributed by atoms with Crippen LogP contribution in [0.3, 0.4) is 0 Å². The van der Waals surface area contributed by atoms with Crippen molar-refractivity contribution in [3.63, 3.8) is 0 Å². The smallest absolute Gasteiger partial charge is 0.113 e. The van der Waals surface area contributed by atoms with Gasteiger partial charge in [-0.25, -0.2) is 0 Å². The Morgan fingerprint density at radius 2 is 2.27 bits per heavy atom. The van der Waals surface area contributed by atoms with Crippen molar-refractivity contribution in [3.8, 4) is 0 Å². The van der Waals surface area contributed by atoms with E-state index in [0.717, 1.165) is 6.42 Å². The second kappa shape index (κ2) is 6.44. The van der Waals surface area contributed by atoms with Crippen molar-refractivity contribution in [1.29, 1.82) is 0 Å². The quantitative estimate of drug-likeness (QED) is 0.421. The first kappa shape index (κ1) is 10.7. The summed E-state index contributed by atoms with van der Waals surface area (Å²) in [5, 5.41) is 0. The second-order valence-corrected chi connectivity index (χ2v) is 2.27. The van der Waals surface area contributed by atoms with Crippen molar-refractivity contribution in [3.05, 3.63) is 12.7 Å². The zero-order valence-corrected chi connectivity index (χ0v) is 7.25. The summed E-state index contributed by atoms with van der Waals surface area (Å²) in [6.07, 6.45) is 2.39. The molecule has 3 heteroatoms. The summed E-state index contributed by atoms with van der Waals surface area (Å²) in [6, 6.07) is -0.391. The van der Waals surface area contributed by atoms with Gasteiger partial charge in [-0.1, -0.05) is 13.0 Å². The topological polar surface area (TPSA) is 18.5 Å². The Balaban J connectivity index is 3.59. The molecule has 0 aliphatic carbocycles. The molecule has 2 atom stereocenters. The Bertz CT molecular complexity index is 106. The lowest BCUT2D eigenvalue weighted by atomic mass is 9.94. The summed E-state index contributed by atoms with van der Waals surface area (Å²) >= 11 is 0. The van der Waals surface area contributed by atoms with E-state index in [4.69, 9.17) is 17.3 Å². The Morgan fingerprint density at radius 1 is 1.64 bits per heavy atom. The fourth-order valence-electron chi connectivity index (χ4n) is 0.713. The molecule has 0 aromatic rings. The maximum atomic E-state index is 5.61. The summed E-state index contributed by atoms with van der Waals surface area (Å²) in [7, 11) is 7.19. The molecule has 0 rings (SSSR count). The molecule has 0 aliphatic heterocycles. The molecule has 0 aliphatic rings. The second-order valence-electron chi connectivity index (χ2n) is 2.27. The number of methoxy groups -OCH3 is 1. The average Bonchev–Trinajstić information content (AvgIpc) is 2.03. The molecule has 2 unspecified atom stereocenters. The molecule has 0 aromatic carbocycles. The standard InChI is InChI=1S/C8H15BO2/c1-4-6-11-8(9)7(5-2)10-3/h5,7-8H,2,4,6H2,1,3H3. The van der Waals surface area contributed by atoms with Crippen LogP contribution < -0.4 is 0 Å². The van der Waals surface area contributed by atoms with Gasteiger partial charge < -0.3 is 9.47 Å². The molecule has 11 heavy (non-hydrogen) atoms. The number of hydrogen-bond donors (Lipinski definition) is 0. The van der Waals surface area contributed by atoms with Crippen molar-refractivity contribution in [2.24, 2.45) is 0 Å². The Labute approximate surface area is 70.0 Å². The minimum absolute atomic E-state index is 0.207. The van der Waals surface area contributed by atoms with E-state index in [1.165, 1.54) is 0 Å². The van der Waals surface area contributed by atoms with Crippen LogP contribution in [0, 0.1) is 0 Å². The van der Waals surface area contributed by atoms with E-state index >= 15 is 0 Å². The predicted molar refractivity (Wildman–Crippen MR) is 46.8 cm³/mol. The lowest BCUT2D eigenvalue weighted by Crippen LogP contribution is -2.29. The van der Waals surface area contributed by atoms with Crippen molar-refractivity contribution in [2.75, 3.05) is 13.7 Å². The lowest BCUT2D eigenvalue weighted by Gasteiger charge is -2.19. The van der Waals surface area contributed by atoms with Crippen LogP contribution in [0.4, 0.5) is 0 Å². The van der Waals surface area contributed by atoms with Crippen LogP contribution in [-0.2, 0) is 9.47 Å². The van der Waals surface area contributed by atoms with Crippen LogP contribution in [0.1, 0.15) is 13.3 Å². The molecule has 0 saturated carbocycles. The van der Waals surface area contributed by atoms with Gasteiger partial charge in [-0.15, -0.1) is 6.58 Å². The molecule has 0 fully saturated rings. The van der Waals surface area contributed by atoms with Crippen LogP contribution in [0.25, 0.3) is 0 Å². The molecule has 0 spiro atoms. The van der Waals surface area contributed by atoms with Crippen molar-refractivity contribution >= 4 is 7.85 Å². The highest BCUT2D eigenvalue weighted by atomic mass is 16.5. The first-order valence-electron chi connectivity index (χ1n) is 3.78. The third kappa shape index (κ3) is 4.22. The van der Waals surface area contributed by atoms with Crippen LogP contribution in [-0.4, -0.2) is 33.7 Å². The van der Waals surface area contributed by atoms with Crippen LogP contribution in [0.5, 0.6) is 0 Å².